The molecule has 1 heterocycles. The van der Waals surface area contributed by atoms with E-state index in [0.29, 0.717) is 5.92 Å². The van der Waals surface area contributed by atoms with Crippen molar-refractivity contribution >= 4 is 5.97 Å². The maximum absolute atomic E-state index is 12.6. The number of ether oxygens (including phenoxy) is 2. The molecule has 0 radical (unpaired) electrons. The maximum Gasteiger partial charge on any atom is 0.315 e. The van der Waals surface area contributed by atoms with Gasteiger partial charge in [-0.1, -0.05) is 50.1 Å². The summed E-state index contributed by atoms with van der Waals surface area (Å²) in [6, 6.07) is 8.17. The summed E-state index contributed by atoms with van der Waals surface area (Å²) in [4.78, 5) is 12.6. The van der Waals surface area contributed by atoms with Gasteiger partial charge in [0, 0.05) is 12.3 Å². The zero-order chi connectivity index (χ0) is 19.7. The Kier molecular flexibility index (Phi) is 5.50. The average molecular weight is 385 g/mol. The summed E-state index contributed by atoms with van der Waals surface area (Å²) in [5.74, 6) is 1.85. The van der Waals surface area contributed by atoms with Crippen molar-refractivity contribution in [3.8, 4) is 5.75 Å². The quantitative estimate of drug-likeness (QED) is 0.466. The smallest absolute Gasteiger partial charge is 0.315 e. The zero-order valence-corrected chi connectivity index (χ0v) is 17.4. The van der Waals surface area contributed by atoms with Gasteiger partial charge in [0.2, 0.25) is 0 Å². The van der Waals surface area contributed by atoms with E-state index in [9.17, 15) is 4.79 Å². The molecule has 2 aliphatic carbocycles. The average Bonchev–Trinajstić information content (AvgIpc) is 2.97. The summed E-state index contributed by atoms with van der Waals surface area (Å²) >= 11 is 0. The minimum absolute atomic E-state index is 0.00570. The number of benzene rings is 1. The van der Waals surface area contributed by atoms with Crippen LogP contribution >= 0.6 is 0 Å². The van der Waals surface area contributed by atoms with Crippen molar-refractivity contribution in [2.45, 2.75) is 52.1 Å². The molecular weight excluding hydrogens is 350 g/mol. The van der Waals surface area contributed by atoms with Crippen molar-refractivity contribution in [1.29, 1.82) is 0 Å². The Bertz CT molecular complexity index is 758. The van der Waals surface area contributed by atoms with Crippen LogP contribution in [-0.2, 0) is 16.0 Å². The number of hydrogen-bond donors (Lipinski definition) is 1. The second-order valence-corrected chi connectivity index (χ2v) is 9.21. The third-order valence-electron chi connectivity index (χ3n) is 7.31. The first-order valence-corrected chi connectivity index (χ1v) is 10.9. The highest BCUT2D eigenvalue weighted by atomic mass is 16.6. The van der Waals surface area contributed by atoms with Crippen LogP contribution < -0.4 is 10.1 Å². The molecule has 4 nitrogen and oxygen atoms in total. The molecule has 1 aliphatic heterocycles. The van der Waals surface area contributed by atoms with Crippen LogP contribution in [0.1, 0.15) is 45.1 Å². The Morgan fingerprint density at radius 2 is 2.14 bits per heavy atom. The lowest BCUT2D eigenvalue weighted by Crippen LogP contribution is -2.86. The van der Waals surface area contributed by atoms with Crippen LogP contribution in [0.3, 0.4) is 0 Å². The van der Waals surface area contributed by atoms with Crippen LogP contribution in [0.25, 0.3) is 0 Å². The van der Waals surface area contributed by atoms with E-state index in [2.05, 4.69) is 31.3 Å². The van der Waals surface area contributed by atoms with Gasteiger partial charge < -0.3 is 14.8 Å². The summed E-state index contributed by atoms with van der Waals surface area (Å²) in [7, 11) is 1.72. The number of carbonyl (C=O) groups excluding carboxylic acids is 1. The van der Waals surface area contributed by atoms with Gasteiger partial charge in [-0.25, -0.2) is 0 Å². The van der Waals surface area contributed by atoms with Crippen molar-refractivity contribution in [1.82, 2.24) is 0 Å². The highest BCUT2D eigenvalue weighted by molar-refractivity contribution is 5.76. The minimum atomic E-state index is -0.00570. The molecule has 0 bridgehead atoms. The number of allylic oxidation sites excluding steroid dienone is 1. The number of fused-ring (bicyclic) bond motifs is 2. The minimum Gasteiger partial charge on any atom is -0.496 e. The SMILES string of the molecule is COc1ccccc1CC[NH2+]C[C@@H]1C(=O)O[C@@H]2C[C@@]3(C)CCC[C@H](C)C3=C[C@H]12. The molecule has 0 spiro atoms. The fraction of sp³-hybridized carbons (Fsp3) is 0.625. The lowest BCUT2D eigenvalue weighted by molar-refractivity contribution is -0.658. The van der Waals surface area contributed by atoms with Crippen molar-refractivity contribution in [3.05, 3.63) is 41.5 Å². The van der Waals surface area contributed by atoms with Gasteiger partial charge in [0.05, 0.1) is 20.2 Å². The molecule has 1 aromatic carbocycles. The first kappa shape index (κ1) is 19.5. The first-order valence-electron chi connectivity index (χ1n) is 10.9. The Hall–Kier alpha value is -1.81. The Morgan fingerprint density at radius 3 is 2.96 bits per heavy atom. The van der Waals surface area contributed by atoms with Gasteiger partial charge in [0.25, 0.3) is 0 Å². The number of para-hydroxylation sites is 1. The second kappa shape index (κ2) is 7.90. The number of hydrogen-bond acceptors (Lipinski definition) is 3. The molecular formula is C24H34NO3+. The fourth-order valence-corrected chi connectivity index (χ4v) is 5.78. The zero-order valence-electron chi connectivity index (χ0n) is 17.4. The van der Waals surface area contributed by atoms with Gasteiger partial charge in [0.15, 0.2) is 0 Å². The molecule has 4 heteroatoms. The molecule has 2 N–H and O–H groups in total. The van der Waals surface area contributed by atoms with Crippen molar-refractivity contribution in [3.63, 3.8) is 0 Å². The van der Waals surface area contributed by atoms with E-state index < -0.39 is 0 Å². The fourth-order valence-electron chi connectivity index (χ4n) is 5.78. The lowest BCUT2D eigenvalue weighted by Gasteiger charge is -2.45. The molecule has 3 aliphatic rings. The number of quaternary nitrogens is 1. The topological polar surface area (TPSA) is 52.1 Å². The van der Waals surface area contributed by atoms with Gasteiger partial charge in [-0.2, -0.15) is 0 Å². The maximum atomic E-state index is 12.6. The van der Waals surface area contributed by atoms with Gasteiger partial charge in [0.1, 0.15) is 17.8 Å². The molecule has 0 amide bonds. The summed E-state index contributed by atoms with van der Waals surface area (Å²) < 4.78 is 11.3. The van der Waals surface area contributed by atoms with E-state index >= 15 is 0 Å². The van der Waals surface area contributed by atoms with E-state index in [-0.39, 0.29) is 29.3 Å². The Morgan fingerprint density at radius 1 is 1.32 bits per heavy atom. The van der Waals surface area contributed by atoms with Gasteiger partial charge >= 0.3 is 5.97 Å². The molecule has 1 saturated carbocycles. The third kappa shape index (κ3) is 3.59. The van der Waals surface area contributed by atoms with E-state index in [0.717, 1.165) is 31.7 Å². The van der Waals surface area contributed by atoms with Crippen LogP contribution in [0.5, 0.6) is 5.75 Å². The number of rotatable bonds is 6. The monoisotopic (exact) mass is 384 g/mol. The molecule has 1 saturated heterocycles. The highest BCUT2D eigenvalue weighted by Crippen LogP contribution is 2.53. The van der Waals surface area contributed by atoms with Crippen LogP contribution in [0.4, 0.5) is 0 Å². The van der Waals surface area contributed by atoms with Crippen molar-refractivity contribution in [2.24, 2.45) is 23.2 Å². The standard InChI is InChI=1S/C24H33NO3/c1-16-7-6-11-24(2)14-22-18(13-20(16)24)19(23(26)28-22)15-25-12-10-17-8-4-5-9-21(17)27-3/h4-5,8-9,13,16,18-19,22,25H,6-7,10-12,14-15H2,1-3H3/p+1/t16-,18+,19-,22+,24+/m0/s1. The van der Waals surface area contributed by atoms with Crippen molar-refractivity contribution in [2.75, 3.05) is 20.2 Å². The predicted molar refractivity (Wildman–Crippen MR) is 109 cm³/mol. The lowest BCUT2D eigenvalue weighted by atomic mass is 9.59. The van der Waals surface area contributed by atoms with Crippen LogP contribution in [-0.4, -0.2) is 32.3 Å². The Balaban J connectivity index is 1.39. The highest BCUT2D eigenvalue weighted by Gasteiger charge is 2.52. The number of carbonyl (C=O) groups is 1. The molecule has 152 valence electrons. The first-order chi connectivity index (χ1) is 13.5. The number of methoxy groups -OCH3 is 1. The molecule has 5 atom stereocenters. The number of nitrogens with two attached hydrogens (primary N) is 1. The summed E-state index contributed by atoms with van der Waals surface area (Å²) in [5, 5.41) is 2.28. The molecule has 0 unspecified atom stereocenters. The summed E-state index contributed by atoms with van der Waals surface area (Å²) in [6.07, 6.45) is 8.29. The Labute approximate surface area is 168 Å². The molecule has 1 aromatic rings. The van der Waals surface area contributed by atoms with E-state index in [1.54, 1.807) is 12.7 Å². The van der Waals surface area contributed by atoms with Gasteiger partial charge in [-0.05, 0) is 42.2 Å². The predicted octanol–water partition coefficient (Wildman–Crippen LogP) is 3.12. The van der Waals surface area contributed by atoms with Crippen LogP contribution in [0, 0.1) is 23.2 Å². The normalized spacial score (nSPS) is 34.2. The third-order valence-corrected chi connectivity index (χ3v) is 7.31. The molecule has 28 heavy (non-hydrogen) atoms. The molecule has 0 aromatic heterocycles. The largest absolute Gasteiger partial charge is 0.496 e. The van der Waals surface area contributed by atoms with E-state index in [1.165, 1.54) is 24.8 Å². The van der Waals surface area contributed by atoms with Gasteiger partial charge in [-0.3, -0.25) is 4.79 Å². The van der Waals surface area contributed by atoms with E-state index in [1.807, 2.05) is 18.2 Å². The van der Waals surface area contributed by atoms with Crippen LogP contribution in [0.15, 0.2) is 35.9 Å². The van der Waals surface area contributed by atoms with E-state index in [4.69, 9.17) is 9.47 Å². The number of esters is 1. The van der Waals surface area contributed by atoms with Gasteiger partial charge in [-0.15, -0.1) is 0 Å². The second-order valence-electron chi connectivity index (χ2n) is 9.21. The molecule has 2 fully saturated rings. The molecule has 4 rings (SSSR count). The van der Waals surface area contributed by atoms with Crippen LogP contribution in [0.2, 0.25) is 0 Å². The summed E-state index contributed by atoms with van der Waals surface area (Å²) in [5.41, 5.74) is 3.05. The summed E-state index contributed by atoms with van der Waals surface area (Å²) in [6.45, 7) is 6.50. The van der Waals surface area contributed by atoms with Crippen molar-refractivity contribution < 1.29 is 19.6 Å².